The fraction of sp³-hybridized carbons (Fsp3) is 0.636. The third-order valence-corrected chi connectivity index (χ3v) is 4.05. The lowest BCUT2D eigenvalue weighted by Gasteiger charge is -2.30. The Morgan fingerprint density at radius 2 is 2.47 bits per heavy atom. The minimum Gasteiger partial charge on any atom is -0.308 e. The van der Waals surface area contributed by atoms with Crippen LogP contribution in [0.2, 0.25) is 4.34 Å². The van der Waals surface area contributed by atoms with Crippen molar-refractivity contribution in [3.05, 3.63) is 21.3 Å². The van der Waals surface area contributed by atoms with E-state index >= 15 is 0 Å². The molecule has 1 fully saturated rings. The van der Waals surface area contributed by atoms with E-state index in [2.05, 4.69) is 23.3 Å². The number of likely N-dealkylation sites (tertiary alicyclic amines) is 1. The molecular weight excluding hydrogens is 228 g/mol. The van der Waals surface area contributed by atoms with Crippen LogP contribution in [0.4, 0.5) is 0 Å². The number of hydrogen-bond donors (Lipinski definition) is 1. The van der Waals surface area contributed by atoms with Crippen LogP contribution in [0.5, 0.6) is 0 Å². The molecule has 15 heavy (non-hydrogen) atoms. The fourth-order valence-electron chi connectivity index (χ4n) is 2.02. The Morgan fingerprint density at radius 3 is 3.13 bits per heavy atom. The van der Waals surface area contributed by atoms with Crippen molar-refractivity contribution in [2.75, 3.05) is 20.1 Å². The van der Waals surface area contributed by atoms with Crippen LogP contribution in [-0.4, -0.2) is 31.1 Å². The molecule has 0 bridgehead atoms. The van der Waals surface area contributed by atoms with E-state index in [9.17, 15) is 0 Å². The van der Waals surface area contributed by atoms with Gasteiger partial charge in [0, 0.05) is 24.0 Å². The number of likely N-dealkylation sites (N-methyl/N-ethyl adjacent to an activating group) is 1. The van der Waals surface area contributed by atoms with E-state index < -0.39 is 0 Å². The maximum atomic E-state index is 5.89. The molecular formula is C11H17ClN2S. The Balaban J connectivity index is 1.77. The summed E-state index contributed by atoms with van der Waals surface area (Å²) in [5.41, 5.74) is 0. The van der Waals surface area contributed by atoms with E-state index in [1.165, 1.54) is 30.8 Å². The SMILES string of the molecule is CN1CCCC(NCc2ccc(Cl)s2)C1. The maximum absolute atomic E-state index is 5.89. The maximum Gasteiger partial charge on any atom is 0.0931 e. The second-order valence-electron chi connectivity index (χ2n) is 4.19. The minimum absolute atomic E-state index is 0.643. The molecule has 0 spiro atoms. The first kappa shape index (κ1) is 11.4. The lowest BCUT2D eigenvalue weighted by Crippen LogP contribution is -2.43. The number of nitrogens with one attached hydrogen (secondary N) is 1. The van der Waals surface area contributed by atoms with Crippen LogP contribution in [0.25, 0.3) is 0 Å². The Hall–Kier alpha value is -0.0900. The third-order valence-electron chi connectivity index (χ3n) is 2.82. The van der Waals surface area contributed by atoms with E-state index in [1.807, 2.05) is 6.07 Å². The van der Waals surface area contributed by atoms with Crippen LogP contribution in [-0.2, 0) is 6.54 Å². The number of halogens is 1. The van der Waals surface area contributed by atoms with E-state index in [-0.39, 0.29) is 0 Å². The zero-order chi connectivity index (χ0) is 10.7. The highest BCUT2D eigenvalue weighted by atomic mass is 35.5. The predicted octanol–water partition coefficient (Wildman–Crippen LogP) is 2.59. The summed E-state index contributed by atoms with van der Waals surface area (Å²) in [7, 11) is 2.19. The molecule has 1 atom stereocenters. The summed E-state index contributed by atoms with van der Waals surface area (Å²) in [6.07, 6.45) is 2.60. The highest BCUT2D eigenvalue weighted by Crippen LogP contribution is 2.21. The highest BCUT2D eigenvalue weighted by molar-refractivity contribution is 7.16. The number of piperidine rings is 1. The highest BCUT2D eigenvalue weighted by Gasteiger charge is 2.16. The van der Waals surface area contributed by atoms with E-state index in [0.29, 0.717) is 6.04 Å². The van der Waals surface area contributed by atoms with Crippen LogP contribution in [0, 0.1) is 0 Å². The van der Waals surface area contributed by atoms with Crippen molar-refractivity contribution in [2.24, 2.45) is 0 Å². The normalized spacial score (nSPS) is 23.2. The topological polar surface area (TPSA) is 15.3 Å². The molecule has 2 heterocycles. The number of thiophene rings is 1. The van der Waals surface area contributed by atoms with Crippen molar-refractivity contribution in [2.45, 2.75) is 25.4 Å². The molecule has 4 heteroatoms. The van der Waals surface area contributed by atoms with Gasteiger partial charge < -0.3 is 10.2 Å². The van der Waals surface area contributed by atoms with Gasteiger partial charge >= 0.3 is 0 Å². The van der Waals surface area contributed by atoms with Crippen LogP contribution < -0.4 is 5.32 Å². The average molecular weight is 245 g/mol. The number of hydrogen-bond acceptors (Lipinski definition) is 3. The fourth-order valence-corrected chi connectivity index (χ4v) is 3.06. The van der Waals surface area contributed by atoms with Crippen LogP contribution in [0.1, 0.15) is 17.7 Å². The van der Waals surface area contributed by atoms with E-state index in [4.69, 9.17) is 11.6 Å². The number of nitrogens with zero attached hydrogens (tertiary/aromatic N) is 1. The molecule has 2 rings (SSSR count). The molecule has 0 radical (unpaired) electrons. The lowest BCUT2D eigenvalue weighted by molar-refractivity contribution is 0.227. The molecule has 1 N–H and O–H groups in total. The first-order chi connectivity index (χ1) is 7.24. The summed E-state index contributed by atoms with van der Waals surface area (Å²) < 4.78 is 0.882. The van der Waals surface area contributed by atoms with Crippen LogP contribution in [0.3, 0.4) is 0 Å². The first-order valence-electron chi connectivity index (χ1n) is 5.40. The van der Waals surface area contributed by atoms with Gasteiger partial charge in [0.1, 0.15) is 0 Å². The molecule has 0 amide bonds. The predicted molar refractivity (Wildman–Crippen MR) is 66.7 cm³/mol. The van der Waals surface area contributed by atoms with Gasteiger partial charge in [-0.25, -0.2) is 0 Å². The van der Waals surface area contributed by atoms with Crippen molar-refractivity contribution in [1.29, 1.82) is 0 Å². The molecule has 0 aromatic carbocycles. The summed E-state index contributed by atoms with van der Waals surface area (Å²) in [6, 6.07) is 4.72. The largest absolute Gasteiger partial charge is 0.308 e. The van der Waals surface area contributed by atoms with Crippen molar-refractivity contribution in [3.8, 4) is 0 Å². The zero-order valence-corrected chi connectivity index (χ0v) is 10.6. The monoisotopic (exact) mass is 244 g/mol. The summed E-state index contributed by atoms with van der Waals surface area (Å²) in [4.78, 5) is 3.72. The standard InChI is InChI=1S/C11H17ClN2S/c1-14-6-2-3-9(8-14)13-7-10-4-5-11(12)15-10/h4-5,9,13H,2-3,6-8H2,1H3. The molecule has 1 aromatic heterocycles. The van der Waals surface area contributed by atoms with Gasteiger partial charge in [-0.05, 0) is 38.6 Å². The average Bonchev–Trinajstić information content (AvgIpc) is 2.62. The molecule has 0 saturated carbocycles. The van der Waals surface area contributed by atoms with Crippen molar-refractivity contribution in [3.63, 3.8) is 0 Å². The Labute approximate surface area is 100 Å². The minimum atomic E-state index is 0.643. The molecule has 1 unspecified atom stereocenters. The second-order valence-corrected chi connectivity index (χ2v) is 5.99. The van der Waals surface area contributed by atoms with E-state index in [1.54, 1.807) is 11.3 Å². The van der Waals surface area contributed by atoms with Crippen molar-refractivity contribution >= 4 is 22.9 Å². The summed E-state index contributed by atoms with van der Waals surface area (Å²) in [6.45, 7) is 3.36. The molecule has 1 saturated heterocycles. The quantitative estimate of drug-likeness (QED) is 0.879. The van der Waals surface area contributed by atoms with Crippen molar-refractivity contribution < 1.29 is 0 Å². The molecule has 1 aliphatic rings. The van der Waals surface area contributed by atoms with Crippen LogP contribution in [0.15, 0.2) is 12.1 Å². The smallest absolute Gasteiger partial charge is 0.0931 e. The summed E-state index contributed by atoms with van der Waals surface area (Å²) in [5.74, 6) is 0. The molecule has 84 valence electrons. The van der Waals surface area contributed by atoms with Gasteiger partial charge in [-0.15, -0.1) is 11.3 Å². The Bertz CT molecular complexity index is 313. The number of rotatable bonds is 3. The van der Waals surface area contributed by atoms with Gasteiger partial charge in [0.25, 0.3) is 0 Å². The Morgan fingerprint density at radius 1 is 1.60 bits per heavy atom. The summed E-state index contributed by atoms with van der Waals surface area (Å²) >= 11 is 7.55. The lowest BCUT2D eigenvalue weighted by atomic mass is 10.1. The second kappa shape index (κ2) is 5.30. The van der Waals surface area contributed by atoms with E-state index in [0.717, 1.165) is 10.9 Å². The molecule has 1 aliphatic heterocycles. The van der Waals surface area contributed by atoms with Crippen LogP contribution >= 0.6 is 22.9 Å². The van der Waals surface area contributed by atoms with Gasteiger partial charge in [0.2, 0.25) is 0 Å². The molecule has 2 nitrogen and oxygen atoms in total. The van der Waals surface area contributed by atoms with Gasteiger partial charge in [0.05, 0.1) is 4.34 Å². The zero-order valence-electron chi connectivity index (χ0n) is 9.00. The van der Waals surface area contributed by atoms with Gasteiger partial charge in [0.15, 0.2) is 0 Å². The molecule has 0 aliphatic carbocycles. The van der Waals surface area contributed by atoms with Gasteiger partial charge in [-0.2, -0.15) is 0 Å². The first-order valence-corrected chi connectivity index (χ1v) is 6.59. The summed E-state index contributed by atoms with van der Waals surface area (Å²) in [5, 5.41) is 3.59. The van der Waals surface area contributed by atoms with Gasteiger partial charge in [-0.3, -0.25) is 0 Å². The Kier molecular flexibility index (Phi) is 4.03. The molecule has 1 aromatic rings. The third kappa shape index (κ3) is 3.45. The van der Waals surface area contributed by atoms with Crippen molar-refractivity contribution in [1.82, 2.24) is 10.2 Å². The van der Waals surface area contributed by atoms with Gasteiger partial charge in [-0.1, -0.05) is 11.6 Å².